The molecule has 0 fully saturated rings. The van der Waals surface area contributed by atoms with Crippen LogP contribution in [0.2, 0.25) is 0 Å². The second kappa shape index (κ2) is 8.59. The molecule has 2 rings (SSSR count). The average molecular weight is 311 g/mol. The fourth-order valence-electron chi connectivity index (χ4n) is 1.72. The lowest BCUT2D eigenvalue weighted by Crippen LogP contribution is -2.45. The lowest BCUT2D eigenvalue weighted by Gasteiger charge is -2.10. The van der Waals surface area contributed by atoms with Crippen molar-refractivity contribution in [2.45, 2.75) is 6.54 Å². The lowest BCUT2D eigenvalue weighted by atomic mass is 10.2. The Labute approximate surface area is 135 Å². The van der Waals surface area contributed by atoms with E-state index in [2.05, 4.69) is 16.2 Å². The Hall–Kier alpha value is -2.66. The van der Waals surface area contributed by atoms with Crippen LogP contribution in [0, 0.1) is 0 Å². The van der Waals surface area contributed by atoms with Gasteiger partial charge in [0, 0.05) is 12.6 Å². The largest absolute Gasteiger partial charge is 0.357 e. The zero-order valence-corrected chi connectivity index (χ0v) is 12.8. The summed E-state index contributed by atoms with van der Waals surface area (Å²) in [6.45, 7) is 0.600. The minimum Gasteiger partial charge on any atom is -0.357 e. The van der Waals surface area contributed by atoms with Gasteiger partial charge in [0.2, 0.25) is 0 Å². The molecule has 3 N–H and O–H groups in total. The summed E-state index contributed by atoms with van der Waals surface area (Å²) >= 11 is 5.09. The summed E-state index contributed by atoms with van der Waals surface area (Å²) in [6, 6.07) is 19.5. The third-order valence-corrected chi connectivity index (χ3v) is 3.07. The molecule has 1 amide bonds. The van der Waals surface area contributed by atoms with Crippen LogP contribution < -0.4 is 16.2 Å². The highest BCUT2D eigenvalue weighted by atomic mass is 32.1. The molecule has 0 unspecified atom stereocenters. The molecule has 0 aliphatic rings. The predicted octanol–water partition coefficient (Wildman–Crippen LogP) is 2.40. The Morgan fingerprint density at radius 2 is 1.59 bits per heavy atom. The molecule has 0 bridgehead atoms. The van der Waals surface area contributed by atoms with Gasteiger partial charge in [0.05, 0.1) is 0 Å². The van der Waals surface area contributed by atoms with Crippen molar-refractivity contribution < 1.29 is 4.79 Å². The number of nitrogens with one attached hydrogen (secondary N) is 3. The second-order valence-corrected chi connectivity index (χ2v) is 4.93. The van der Waals surface area contributed by atoms with E-state index in [9.17, 15) is 4.79 Å². The van der Waals surface area contributed by atoms with Gasteiger partial charge in [0.15, 0.2) is 5.11 Å². The van der Waals surface area contributed by atoms with Crippen LogP contribution in [0.1, 0.15) is 11.1 Å². The van der Waals surface area contributed by atoms with Crippen molar-refractivity contribution >= 4 is 29.3 Å². The number of hydrogen-bond acceptors (Lipinski definition) is 2. The first-order valence-corrected chi connectivity index (χ1v) is 7.26. The first-order chi connectivity index (χ1) is 10.7. The lowest BCUT2D eigenvalue weighted by molar-refractivity contribution is -0.116. The molecular formula is C17H17N3OS. The molecule has 2 aromatic rings. The second-order valence-electron chi connectivity index (χ2n) is 4.53. The Bertz CT molecular complexity index is 641. The molecule has 5 heteroatoms. The van der Waals surface area contributed by atoms with Crippen molar-refractivity contribution in [2.24, 2.45) is 0 Å². The van der Waals surface area contributed by atoms with Crippen molar-refractivity contribution in [1.29, 1.82) is 0 Å². The van der Waals surface area contributed by atoms with E-state index in [1.54, 1.807) is 6.08 Å². The highest BCUT2D eigenvalue weighted by Crippen LogP contribution is 2.00. The molecule has 0 spiro atoms. The molecule has 4 nitrogen and oxygen atoms in total. The number of thiocarbonyl (C=S) groups is 1. The van der Waals surface area contributed by atoms with Crippen LogP contribution in [0.15, 0.2) is 66.7 Å². The number of hydrogen-bond donors (Lipinski definition) is 3. The number of amides is 1. The van der Waals surface area contributed by atoms with Gasteiger partial charge in [-0.25, -0.2) is 0 Å². The van der Waals surface area contributed by atoms with Crippen LogP contribution in [0.5, 0.6) is 0 Å². The SMILES string of the molecule is O=C(/C=C/c1ccccc1)NNC(=S)NCc1ccccc1. The van der Waals surface area contributed by atoms with Gasteiger partial charge in [-0.1, -0.05) is 60.7 Å². The van der Waals surface area contributed by atoms with E-state index < -0.39 is 0 Å². The molecule has 2 aromatic carbocycles. The summed E-state index contributed by atoms with van der Waals surface area (Å²) in [6.07, 6.45) is 3.18. The predicted molar refractivity (Wildman–Crippen MR) is 92.6 cm³/mol. The highest BCUT2D eigenvalue weighted by Gasteiger charge is 1.98. The van der Waals surface area contributed by atoms with E-state index in [0.717, 1.165) is 11.1 Å². The topological polar surface area (TPSA) is 53.2 Å². The van der Waals surface area contributed by atoms with Crippen LogP contribution in [0.4, 0.5) is 0 Å². The molecule has 22 heavy (non-hydrogen) atoms. The first-order valence-electron chi connectivity index (χ1n) is 6.85. The average Bonchev–Trinajstić information content (AvgIpc) is 2.58. The third kappa shape index (κ3) is 5.76. The van der Waals surface area contributed by atoms with Crippen LogP contribution in [0.25, 0.3) is 6.08 Å². The highest BCUT2D eigenvalue weighted by molar-refractivity contribution is 7.80. The molecule has 0 saturated heterocycles. The normalized spacial score (nSPS) is 10.2. The van der Waals surface area contributed by atoms with E-state index in [-0.39, 0.29) is 5.91 Å². The quantitative estimate of drug-likeness (QED) is 0.461. The van der Waals surface area contributed by atoms with Crippen molar-refractivity contribution in [2.75, 3.05) is 0 Å². The minimum absolute atomic E-state index is 0.271. The van der Waals surface area contributed by atoms with E-state index in [1.807, 2.05) is 60.7 Å². The fraction of sp³-hybridized carbons (Fsp3) is 0.0588. The third-order valence-electron chi connectivity index (χ3n) is 2.82. The zero-order chi connectivity index (χ0) is 15.6. The number of carbonyl (C=O) groups is 1. The van der Waals surface area contributed by atoms with Crippen LogP contribution in [-0.2, 0) is 11.3 Å². The van der Waals surface area contributed by atoms with Crippen LogP contribution in [-0.4, -0.2) is 11.0 Å². The van der Waals surface area contributed by atoms with Crippen LogP contribution >= 0.6 is 12.2 Å². The summed E-state index contributed by atoms with van der Waals surface area (Å²) in [5.41, 5.74) is 7.24. The molecule has 0 aromatic heterocycles. The maximum atomic E-state index is 11.6. The maximum absolute atomic E-state index is 11.6. The smallest absolute Gasteiger partial charge is 0.262 e. The van der Waals surface area contributed by atoms with Gasteiger partial charge in [0.25, 0.3) is 5.91 Å². The van der Waals surface area contributed by atoms with Crippen molar-refractivity contribution in [1.82, 2.24) is 16.2 Å². The Morgan fingerprint density at radius 3 is 2.27 bits per heavy atom. The molecule has 0 aliphatic carbocycles. The Balaban J connectivity index is 1.69. The molecule has 0 aliphatic heterocycles. The van der Waals surface area contributed by atoms with Gasteiger partial charge >= 0.3 is 0 Å². The summed E-state index contributed by atoms with van der Waals surface area (Å²) in [7, 11) is 0. The summed E-state index contributed by atoms with van der Waals surface area (Å²) in [5, 5.41) is 3.38. The molecule has 0 radical (unpaired) electrons. The zero-order valence-electron chi connectivity index (χ0n) is 12.0. The van der Waals surface area contributed by atoms with Crippen molar-refractivity contribution in [3.8, 4) is 0 Å². The molecule has 0 saturated carbocycles. The van der Waals surface area contributed by atoms with Gasteiger partial charge in [0.1, 0.15) is 0 Å². The van der Waals surface area contributed by atoms with Gasteiger partial charge in [-0.05, 0) is 29.4 Å². The number of carbonyl (C=O) groups excluding carboxylic acids is 1. The standard InChI is InChI=1S/C17H17N3OS/c21-16(12-11-14-7-3-1-4-8-14)19-20-17(22)18-13-15-9-5-2-6-10-15/h1-12H,13H2,(H,19,21)(H2,18,20,22)/b12-11+. The molecular weight excluding hydrogens is 294 g/mol. The number of rotatable bonds is 4. The number of hydrazine groups is 1. The molecule has 112 valence electrons. The van der Waals surface area contributed by atoms with Crippen molar-refractivity contribution in [3.05, 3.63) is 77.9 Å². The van der Waals surface area contributed by atoms with E-state index >= 15 is 0 Å². The van der Waals surface area contributed by atoms with Gasteiger partial charge in [-0.2, -0.15) is 0 Å². The summed E-state index contributed by atoms with van der Waals surface area (Å²) < 4.78 is 0. The van der Waals surface area contributed by atoms with Gasteiger partial charge in [-0.3, -0.25) is 15.6 Å². The van der Waals surface area contributed by atoms with E-state index in [4.69, 9.17) is 12.2 Å². The molecule has 0 atom stereocenters. The monoisotopic (exact) mass is 311 g/mol. The van der Waals surface area contributed by atoms with Crippen LogP contribution in [0.3, 0.4) is 0 Å². The van der Waals surface area contributed by atoms with E-state index in [0.29, 0.717) is 11.7 Å². The minimum atomic E-state index is -0.271. The molecule has 0 heterocycles. The summed E-state index contributed by atoms with van der Waals surface area (Å²) in [5.74, 6) is -0.271. The first kappa shape index (κ1) is 15.7. The van der Waals surface area contributed by atoms with Crippen molar-refractivity contribution in [3.63, 3.8) is 0 Å². The number of benzene rings is 2. The van der Waals surface area contributed by atoms with Gasteiger partial charge in [-0.15, -0.1) is 0 Å². The van der Waals surface area contributed by atoms with Gasteiger partial charge < -0.3 is 5.32 Å². The maximum Gasteiger partial charge on any atom is 0.262 e. The fourth-order valence-corrected chi connectivity index (χ4v) is 1.84. The Morgan fingerprint density at radius 1 is 0.955 bits per heavy atom. The summed E-state index contributed by atoms with van der Waals surface area (Å²) in [4.78, 5) is 11.6. The van der Waals surface area contributed by atoms with E-state index in [1.165, 1.54) is 6.08 Å². The Kier molecular flexibility index (Phi) is 6.14.